The molecule has 3 heterocycles. The number of carbonyl (C=O) groups is 2. The summed E-state index contributed by atoms with van der Waals surface area (Å²) in [6, 6.07) is 10.9. The number of rotatable bonds is 5. The third kappa shape index (κ3) is 4.80. The van der Waals surface area contributed by atoms with Crippen molar-refractivity contribution >= 4 is 29.0 Å². The fourth-order valence-corrected chi connectivity index (χ4v) is 3.78. The van der Waals surface area contributed by atoms with E-state index < -0.39 is 0 Å². The molecule has 1 atom stereocenters. The number of nitrogens with zero attached hydrogens (tertiary/aromatic N) is 3. The predicted octanol–water partition coefficient (Wildman–Crippen LogP) is 3.79. The molecule has 1 aliphatic rings. The van der Waals surface area contributed by atoms with Gasteiger partial charge in [-0.1, -0.05) is 23.4 Å². The lowest BCUT2D eigenvalue weighted by Gasteiger charge is -2.31. The minimum atomic E-state index is -0.367. The molecule has 3 aromatic rings. The first-order valence-electron chi connectivity index (χ1n) is 9.32. The van der Waals surface area contributed by atoms with E-state index in [0.717, 1.165) is 17.7 Å². The maximum absolute atomic E-state index is 12.5. The molecule has 1 unspecified atom stereocenters. The number of carbonyl (C=O) groups excluding carboxylic acids is 2. The number of hydrogen-bond donors (Lipinski definition) is 1. The zero-order chi connectivity index (χ0) is 20.1. The van der Waals surface area contributed by atoms with Crippen LogP contribution in [-0.2, 0) is 16.1 Å². The van der Waals surface area contributed by atoms with Crippen molar-refractivity contribution in [2.45, 2.75) is 19.4 Å². The molecule has 1 aliphatic heterocycles. The SMILES string of the molecule is O=C(OCc1noc(-c2ccsc2)n1)C1CCCN(C(=O)Nc2ccccc2)C1. The monoisotopic (exact) mass is 412 g/mol. The summed E-state index contributed by atoms with van der Waals surface area (Å²) in [5.74, 6) is -0.00891. The van der Waals surface area contributed by atoms with Crippen LogP contribution < -0.4 is 5.32 Å². The summed E-state index contributed by atoms with van der Waals surface area (Å²) >= 11 is 1.53. The van der Waals surface area contributed by atoms with Crippen LogP contribution in [0.5, 0.6) is 0 Å². The highest BCUT2D eigenvalue weighted by molar-refractivity contribution is 7.08. The summed E-state index contributed by atoms with van der Waals surface area (Å²) in [7, 11) is 0. The molecular weight excluding hydrogens is 392 g/mol. The van der Waals surface area contributed by atoms with Crippen molar-refractivity contribution in [3.8, 4) is 11.5 Å². The van der Waals surface area contributed by atoms with Gasteiger partial charge in [0.05, 0.1) is 11.5 Å². The lowest BCUT2D eigenvalue weighted by molar-refractivity contribution is -0.151. The van der Waals surface area contributed by atoms with E-state index in [-0.39, 0.29) is 24.5 Å². The van der Waals surface area contributed by atoms with E-state index in [0.29, 0.717) is 31.2 Å². The number of urea groups is 1. The number of anilines is 1. The molecule has 1 saturated heterocycles. The molecule has 29 heavy (non-hydrogen) atoms. The first-order chi connectivity index (χ1) is 14.2. The number of benzene rings is 1. The summed E-state index contributed by atoms with van der Waals surface area (Å²) in [6.07, 6.45) is 1.42. The molecule has 2 aromatic heterocycles. The van der Waals surface area contributed by atoms with Crippen LogP contribution in [0, 0.1) is 5.92 Å². The quantitative estimate of drug-likeness (QED) is 0.641. The Balaban J connectivity index is 1.29. The average Bonchev–Trinajstić information content (AvgIpc) is 3.45. The van der Waals surface area contributed by atoms with Gasteiger partial charge in [0.1, 0.15) is 0 Å². The van der Waals surface area contributed by atoms with Crippen LogP contribution in [0.15, 0.2) is 51.7 Å². The Kier molecular flexibility index (Phi) is 5.85. The fraction of sp³-hybridized carbons (Fsp3) is 0.300. The molecule has 8 nitrogen and oxygen atoms in total. The van der Waals surface area contributed by atoms with Gasteiger partial charge in [-0.15, -0.1) is 0 Å². The number of ether oxygens (including phenoxy) is 1. The smallest absolute Gasteiger partial charge is 0.321 e. The summed E-state index contributed by atoms with van der Waals surface area (Å²) in [5.41, 5.74) is 1.56. The molecule has 0 aliphatic carbocycles. The molecule has 0 spiro atoms. The van der Waals surface area contributed by atoms with Crippen LogP contribution in [0.2, 0.25) is 0 Å². The Bertz CT molecular complexity index is 958. The second-order valence-corrected chi connectivity index (χ2v) is 7.50. The fourth-order valence-electron chi connectivity index (χ4n) is 3.15. The third-order valence-corrected chi connectivity index (χ3v) is 5.33. The van der Waals surface area contributed by atoms with Gasteiger partial charge in [0.2, 0.25) is 5.82 Å². The zero-order valence-corrected chi connectivity index (χ0v) is 16.4. The number of amides is 2. The van der Waals surface area contributed by atoms with Crippen LogP contribution >= 0.6 is 11.3 Å². The standard InChI is InChI=1S/C20H20N4O4S/c25-19(27-12-17-22-18(28-23-17)15-8-10-29-13-15)14-5-4-9-24(11-14)20(26)21-16-6-2-1-3-7-16/h1-3,6-8,10,13-14H,4-5,9,11-12H2,(H,21,26). The van der Waals surface area contributed by atoms with Crippen molar-refractivity contribution in [3.63, 3.8) is 0 Å². The number of para-hydroxylation sites is 1. The van der Waals surface area contributed by atoms with Crippen molar-refractivity contribution in [1.82, 2.24) is 15.0 Å². The van der Waals surface area contributed by atoms with Crippen LogP contribution in [0.3, 0.4) is 0 Å². The minimum absolute atomic E-state index is 0.0564. The Morgan fingerprint density at radius 1 is 1.28 bits per heavy atom. The Morgan fingerprint density at radius 3 is 2.93 bits per heavy atom. The van der Waals surface area contributed by atoms with Gasteiger partial charge in [-0.2, -0.15) is 16.3 Å². The van der Waals surface area contributed by atoms with Gasteiger partial charge >= 0.3 is 12.0 Å². The van der Waals surface area contributed by atoms with E-state index in [2.05, 4.69) is 15.5 Å². The molecule has 4 rings (SSSR count). The maximum atomic E-state index is 12.5. The lowest BCUT2D eigenvalue weighted by atomic mass is 9.98. The van der Waals surface area contributed by atoms with E-state index in [4.69, 9.17) is 9.26 Å². The topological polar surface area (TPSA) is 97.6 Å². The number of thiophene rings is 1. The first kappa shape index (κ1) is 19.1. The van der Waals surface area contributed by atoms with Crippen LogP contribution in [0.25, 0.3) is 11.5 Å². The number of piperidine rings is 1. The van der Waals surface area contributed by atoms with Gasteiger partial charge in [-0.3, -0.25) is 4.79 Å². The second kappa shape index (κ2) is 8.87. The van der Waals surface area contributed by atoms with Crippen molar-refractivity contribution in [2.75, 3.05) is 18.4 Å². The zero-order valence-electron chi connectivity index (χ0n) is 15.6. The van der Waals surface area contributed by atoms with Gasteiger partial charge in [-0.05, 0) is 36.4 Å². The number of likely N-dealkylation sites (tertiary alicyclic amines) is 1. The normalized spacial score (nSPS) is 16.4. The van der Waals surface area contributed by atoms with E-state index >= 15 is 0 Å². The third-order valence-electron chi connectivity index (χ3n) is 4.65. The van der Waals surface area contributed by atoms with Crippen molar-refractivity contribution < 1.29 is 18.8 Å². The molecule has 0 bridgehead atoms. The number of aromatic nitrogens is 2. The molecule has 1 N–H and O–H groups in total. The molecule has 9 heteroatoms. The number of nitrogens with one attached hydrogen (secondary N) is 1. The molecule has 150 valence electrons. The van der Waals surface area contributed by atoms with E-state index in [9.17, 15) is 9.59 Å². The average molecular weight is 412 g/mol. The van der Waals surface area contributed by atoms with Gasteiger partial charge < -0.3 is 19.5 Å². The number of esters is 1. The molecule has 0 saturated carbocycles. The van der Waals surface area contributed by atoms with E-state index in [1.165, 1.54) is 11.3 Å². The van der Waals surface area contributed by atoms with Crippen LogP contribution in [0.4, 0.5) is 10.5 Å². The minimum Gasteiger partial charge on any atom is -0.457 e. The number of hydrogen-bond acceptors (Lipinski definition) is 7. The summed E-state index contributed by atoms with van der Waals surface area (Å²) in [6.45, 7) is 0.875. The highest BCUT2D eigenvalue weighted by Crippen LogP contribution is 2.21. The summed E-state index contributed by atoms with van der Waals surface area (Å²) in [5, 5.41) is 10.5. The highest BCUT2D eigenvalue weighted by Gasteiger charge is 2.30. The van der Waals surface area contributed by atoms with Crippen molar-refractivity contribution in [2.24, 2.45) is 5.92 Å². The van der Waals surface area contributed by atoms with E-state index in [1.807, 2.05) is 47.2 Å². The molecule has 2 amide bonds. The predicted molar refractivity (Wildman–Crippen MR) is 107 cm³/mol. The second-order valence-electron chi connectivity index (χ2n) is 6.72. The van der Waals surface area contributed by atoms with Gasteiger partial charge in [0.25, 0.3) is 5.89 Å². The van der Waals surface area contributed by atoms with E-state index in [1.54, 1.807) is 4.90 Å². The molecule has 1 fully saturated rings. The van der Waals surface area contributed by atoms with Crippen LogP contribution in [0.1, 0.15) is 18.7 Å². The largest absolute Gasteiger partial charge is 0.457 e. The maximum Gasteiger partial charge on any atom is 0.321 e. The highest BCUT2D eigenvalue weighted by atomic mass is 32.1. The Hall–Kier alpha value is -3.20. The first-order valence-corrected chi connectivity index (χ1v) is 10.3. The van der Waals surface area contributed by atoms with Crippen LogP contribution in [-0.4, -0.2) is 40.1 Å². The van der Waals surface area contributed by atoms with Gasteiger partial charge in [0.15, 0.2) is 6.61 Å². The molecule has 0 radical (unpaired) electrons. The summed E-state index contributed by atoms with van der Waals surface area (Å²) < 4.78 is 10.5. The Labute approximate surface area is 171 Å². The van der Waals surface area contributed by atoms with Gasteiger partial charge in [0, 0.05) is 24.2 Å². The van der Waals surface area contributed by atoms with Crippen molar-refractivity contribution in [1.29, 1.82) is 0 Å². The molecule has 1 aromatic carbocycles. The molecular formula is C20H20N4O4S. The van der Waals surface area contributed by atoms with Gasteiger partial charge in [-0.25, -0.2) is 4.79 Å². The summed E-state index contributed by atoms with van der Waals surface area (Å²) in [4.78, 5) is 30.8. The van der Waals surface area contributed by atoms with Crippen molar-refractivity contribution in [3.05, 3.63) is 53.0 Å². The lowest BCUT2D eigenvalue weighted by Crippen LogP contribution is -2.44. The Morgan fingerprint density at radius 2 is 2.14 bits per heavy atom.